The topological polar surface area (TPSA) is 94.5 Å². The van der Waals surface area contributed by atoms with E-state index >= 15 is 0 Å². The first-order valence-corrected chi connectivity index (χ1v) is 6.57. The lowest BCUT2D eigenvalue weighted by Gasteiger charge is -2.02. The molecule has 0 saturated heterocycles. The predicted molar refractivity (Wildman–Crippen MR) is 71.9 cm³/mol. The molecule has 6 nitrogen and oxygen atoms in total. The monoisotopic (exact) mass is 273 g/mol. The van der Waals surface area contributed by atoms with Crippen molar-refractivity contribution in [1.82, 2.24) is 15.2 Å². The lowest BCUT2D eigenvalue weighted by atomic mass is 10.2. The number of H-pyrrole nitrogens is 1. The average Bonchev–Trinajstić information content (AvgIpc) is 2.82. The van der Waals surface area contributed by atoms with Crippen LogP contribution in [0.1, 0.15) is 22.8 Å². The van der Waals surface area contributed by atoms with Crippen molar-refractivity contribution in [3.05, 3.63) is 35.7 Å². The minimum Gasteiger partial charge on any atom is -0.306 e. The second kappa shape index (κ2) is 6.02. The molecule has 0 fully saturated rings. The van der Waals surface area contributed by atoms with E-state index in [1.807, 2.05) is 13.0 Å². The summed E-state index contributed by atoms with van der Waals surface area (Å²) in [6, 6.07) is 5.24. The maximum atomic E-state index is 11.9. The van der Waals surface area contributed by atoms with Crippen LogP contribution >= 0.6 is 11.8 Å². The van der Waals surface area contributed by atoms with Gasteiger partial charge in [-0.25, -0.2) is 0 Å². The van der Waals surface area contributed by atoms with Gasteiger partial charge in [-0.05, 0) is 17.9 Å². The fraction of sp³-hybridized carbons (Fsp3) is 0.167. The van der Waals surface area contributed by atoms with Crippen LogP contribution in [-0.4, -0.2) is 26.8 Å². The quantitative estimate of drug-likeness (QED) is 0.831. The standard InChI is InChI=1S/C12H11N5OS/c1-2-19-12-9(7-13)10(16-17-12)15-11(18)8-3-5-14-6-4-8/h3-6H,2H2,1H3,(H2,15,16,17,18). The Morgan fingerprint density at radius 3 is 2.89 bits per heavy atom. The number of thioether (sulfide) groups is 1. The fourth-order valence-corrected chi connectivity index (χ4v) is 2.13. The van der Waals surface area contributed by atoms with E-state index in [2.05, 4.69) is 20.5 Å². The number of amides is 1. The number of rotatable bonds is 4. The number of aromatic amines is 1. The molecule has 0 atom stereocenters. The van der Waals surface area contributed by atoms with Crippen molar-refractivity contribution in [2.24, 2.45) is 0 Å². The second-order valence-corrected chi connectivity index (χ2v) is 4.77. The molecule has 2 aromatic rings. The number of nitrogens with zero attached hydrogens (tertiary/aromatic N) is 3. The third-order valence-corrected chi connectivity index (χ3v) is 3.16. The summed E-state index contributed by atoms with van der Waals surface area (Å²) in [5, 5.41) is 19.0. The largest absolute Gasteiger partial charge is 0.306 e. The van der Waals surface area contributed by atoms with Crippen molar-refractivity contribution in [1.29, 1.82) is 5.26 Å². The van der Waals surface area contributed by atoms with Crippen molar-refractivity contribution in [2.45, 2.75) is 11.9 Å². The van der Waals surface area contributed by atoms with Gasteiger partial charge in [0.25, 0.3) is 5.91 Å². The molecule has 7 heteroatoms. The normalized spacial score (nSPS) is 9.89. The smallest absolute Gasteiger partial charge is 0.256 e. The van der Waals surface area contributed by atoms with Gasteiger partial charge < -0.3 is 5.32 Å². The summed E-state index contributed by atoms with van der Waals surface area (Å²) in [4.78, 5) is 15.8. The summed E-state index contributed by atoms with van der Waals surface area (Å²) < 4.78 is 0. The Morgan fingerprint density at radius 2 is 2.26 bits per heavy atom. The van der Waals surface area contributed by atoms with E-state index in [1.165, 1.54) is 24.2 Å². The molecule has 2 N–H and O–H groups in total. The van der Waals surface area contributed by atoms with Crippen LogP contribution in [-0.2, 0) is 0 Å². The number of hydrogen-bond acceptors (Lipinski definition) is 5. The Labute approximate surface area is 114 Å². The van der Waals surface area contributed by atoms with Crippen molar-refractivity contribution in [3.63, 3.8) is 0 Å². The van der Waals surface area contributed by atoms with Gasteiger partial charge in [-0.15, -0.1) is 11.8 Å². The highest BCUT2D eigenvalue weighted by molar-refractivity contribution is 7.99. The van der Waals surface area contributed by atoms with Crippen molar-refractivity contribution < 1.29 is 4.79 Å². The van der Waals surface area contributed by atoms with Crippen LogP contribution in [0.4, 0.5) is 5.82 Å². The van der Waals surface area contributed by atoms with Gasteiger partial charge in [-0.2, -0.15) is 10.4 Å². The maximum absolute atomic E-state index is 11.9. The lowest BCUT2D eigenvalue weighted by Crippen LogP contribution is -2.13. The van der Waals surface area contributed by atoms with Crippen LogP contribution in [0.15, 0.2) is 29.6 Å². The molecule has 0 spiro atoms. The third kappa shape index (κ3) is 2.92. The first kappa shape index (κ1) is 13.1. The molecule has 19 heavy (non-hydrogen) atoms. The zero-order valence-electron chi connectivity index (χ0n) is 10.2. The Morgan fingerprint density at radius 1 is 1.53 bits per heavy atom. The highest BCUT2D eigenvalue weighted by Crippen LogP contribution is 2.25. The summed E-state index contributed by atoms with van der Waals surface area (Å²) in [5.74, 6) is 0.813. The molecule has 0 aliphatic rings. The van der Waals surface area contributed by atoms with Crippen molar-refractivity contribution in [3.8, 4) is 6.07 Å². The third-order valence-electron chi connectivity index (χ3n) is 2.31. The van der Waals surface area contributed by atoms with Gasteiger partial charge >= 0.3 is 0 Å². The number of nitriles is 1. The summed E-state index contributed by atoms with van der Waals surface area (Å²) in [5.41, 5.74) is 0.826. The van der Waals surface area contributed by atoms with Crippen LogP contribution in [0.25, 0.3) is 0 Å². The van der Waals surface area contributed by atoms with Gasteiger partial charge in [0.2, 0.25) is 0 Å². The molecule has 0 bridgehead atoms. The number of anilines is 1. The highest BCUT2D eigenvalue weighted by atomic mass is 32.2. The van der Waals surface area contributed by atoms with Crippen LogP contribution in [0.2, 0.25) is 0 Å². The van der Waals surface area contributed by atoms with Crippen LogP contribution < -0.4 is 5.32 Å². The number of pyridine rings is 1. The van der Waals surface area contributed by atoms with Gasteiger partial charge in [0.1, 0.15) is 22.5 Å². The van der Waals surface area contributed by atoms with E-state index in [9.17, 15) is 4.79 Å². The molecule has 0 radical (unpaired) electrons. The van der Waals surface area contributed by atoms with E-state index < -0.39 is 0 Å². The molecule has 0 saturated carbocycles. The molecule has 2 rings (SSSR count). The molecule has 2 aromatic heterocycles. The number of hydrogen-bond donors (Lipinski definition) is 2. The molecular formula is C12H11N5OS. The first-order chi connectivity index (χ1) is 9.26. The zero-order chi connectivity index (χ0) is 13.7. The van der Waals surface area contributed by atoms with Gasteiger partial charge in [0.15, 0.2) is 0 Å². The van der Waals surface area contributed by atoms with Crippen molar-refractivity contribution >= 4 is 23.5 Å². The summed E-state index contributed by atoms with van der Waals surface area (Å²) in [6.07, 6.45) is 3.07. The molecular weight excluding hydrogens is 262 g/mol. The average molecular weight is 273 g/mol. The lowest BCUT2D eigenvalue weighted by molar-refractivity contribution is 0.102. The minimum atomic E-state index is -0.310. The maximum Gasteiger partial charge on any atom is 0.256 e. The van der Waals surface area contributed by atoms with Crippen LogP contribution in [0, 0.1) is 11.3 Å². The SMILES string of the molecule is CCSc1n[nH]c(NC(=O)c2ccncc2)c1C#N. The van der Waals surface area contributed by atoms with Gasteiger partial charge in [0.05, 0.1) is 0 Å². The summed E-state index contributed by atoms with van der Waals surface area (Å²) >= 11 is 1.44. The van der Waals surface area contributed by atoms with Crippen LogP contribution in [0.5, 0.6) is 0 Å². The van der Waals surface area contributed by atoms with Crippen molar-refractivity contribution in [2.75, 3.05) is 11.1 Å². The zero-order valence-corrected chi connectivity index (χ0v) is 11.0. The Kier molecular flexibility index (Phi) is 4.15. The molecule has 2 heterocycles. The van der Waals surface area contributed by atoms with E-state index in [0.29, 0.717) is 22.0 Å². The molecule has 0 aromatic carbocycles. The summed E-state index contributed by atoms with van der Waals surface area (Å²) in [7, 11) is 0. The first-order valence-electron chi connectivity index (χ1n) is 5.59. The Bertz CT molecular complexity index is 617. The van der Waals surface area contributed by atoms with Gasteiger partial charge in [-0.3, -0.25) is 14.9 Å². The molecule has 0 aliphatic carbocycles. The van der Waals surface area contributed by atoms with E-state index in [4.69, 9.17) is 5.26 Å². The summed E-state index contributed by atoms with van der Waals surface area (Å²) in [6.45, 7) is 1.97. The van der Waals surface area contributed by atoms with Crippen LogP contribution in [0.3, 0.4) is 0 Å². The molecule has 1 amide bonds. The fourth-order valence-electron chi connectivity index (χ4n) is 1.45. The van der Waals surface area contributed by atoms with Gasteiger partial charge in [-0.1, -0.05) is 6.92 Å². The van der Waals surface area contributed by atoms with E-state index in [1.54, 1.807) is 12.1 Å². The molecule has 0 unspecified atom stereocenters. The number of carbonyl (C=O) groups excluding carboxylic acids is 1. The second-order valence-electron chi connectivity index (χ2n) is 3.51. The Balaban J connectivity index is 2.20. The number of carbonyl (C=O) groups is 1. The molecule has 0 aliphatic heterocycles. The minimum absolute atomic E-state index is 0.310. The van der Waals surface area contributed by atoms with E-state index in [-0.39, 0.29) is 5.91 Å². The van der Waals surface area contributed by atoms with Gasteiger partial charge in [0, 0.05) is 18.0 Å². The van der Waals surface area contributed by atoms with E-state index in [0.717, 1.165) is 5.75 Å². The number of aromatic nitrogens is 3. The predicted octanol–water partition coefficient (Wildman–Crippen LogP) is 2.04. The Hall–Kier alpha value is -2.33. The number of nitrogens with one attached hydrogen (secondary N) is 2. The highest BCUT2D eigenvalue weighted by Gasteiger charge is 2.15. The molecule has 96 valence electrons.